The lowest BCUT2D eigenvalue weighted by Gasteiger charge is -2.27. The molecule has 110 valence electrons. The van der Waals surface area contributed by atoms with Gasteiger partial charge in [0, 0.05) is 6.54 Å². The van der Waals surface area contributed by atoms with Crippen LogP contribution in [0.15, 0.2) is 10.7 Å². The minimum Gasteiger partial charge on any atom is -0.386 e. The van der Waals surface area contributed by atoms with Gasteiger partial charge in [-0.1, -0.05) is 0 Å². The van der Waals surface area contributed by atoms with Crippen LogP contribution in [0.4, 0.5) is 26.3 Å². The molecule has 0 saturated heterocycles. The van der Waals surface area contributed by atoms with E-state index >= 15 is 0 Å². The van der Waals surface area contributed by atoms with Crippen LogP contribution >= 0.6 is 15.9 Å². The Morgan fingerprint density at radius 2 is 1.74 bits per heavy atom. The number of nitrogens with zero attached hydrogens (tertiary/aromatic N) is 2. The first-order valence-electron chi connectivity index (χ1n) is 5.02. The highest BCUT2D eigenvalue weighted by atomic mass is 79.9. The summed E-state index contributed by atoms with van der Waals surface area (Å²) in [7, 11) is 0. The lowest BCUT2D eigenvalue weighted by Crippen LogP contribution is -2.41. The summed E-state index contributed by atoms with van der Waals surface area (Å²) in [5, 5.41) is 13.1. The second kappa shape index (κ2) is 5.31. The summed E-state index contributed by atoms with van der Waals surface area (Å²) in [5.41, 5.74) is -0.554. The Hall–Kier alpha value is -0.770. The molecule has 0 aliphatic carbocycles. The molecule has 0 radical (unpaired) electrons. The van der Waals surface area contributed by atoms with Crippen molar-refractivity contribution in [1.82, 2.24) is 9.78 Å². The van der Waals surface area contributed by atoms with Crippen molar-refractivity contribution in [3.05, 3.63) is 16.4 Å². The molecule has 1 aromatic rings. The van der Waals surface area contributed by atoms with Crippen molar-refractivity contribution < 1.29 is 31.4 Å². The highest BCUT2D eigenvalue weighted by Crippen LogP contribution is 2.47. The number of hydrogen-bond acceptors (Lipinski definition) is 2. The van der Waals surface area contributed by atoms with E-state index < -0.39 is 30.1 Å². The van der Waals surface area contributed by atoms with Gasteiger partial charge in [-0.05, 0) is 22.9 Å². The number of aromatic nitrogens is 2. The van der Waals surface area contributed by atoms with E-state index in [4.69, 9.17) is 0 Å². The Balaban J connectivity index is 3.28. The molecule has 0 aliphatic rings. The maximum Gasteiger partial charge on any atom is 0.403 e. The standard InChI is InChI=1S/C9H9BrF6N2O/c1-2-18-5(4(10)3-17-18)6(19)7(8(11,12)13)9(14,15)16/h3,6-7,19H,2H2,1H3. The van der Waals surface area contributed by atoms with Crippen LogP contribution in [0.1, 0.15) is 18.7 Å². The average Bonchev–Trinajstić information content (AvgIpc) is 2.54. The molecule has 1 heterocycles. The van der Waals surface area contributed by atoms with E-state index in [1.54, 1.807) is 0 Å². The molecule has 0 spiro atoms. The van der Waals surface area contributed by atoms with Crippen molar-refractivity contribution in [2.24, 2.45) is 5.92 Å². The molecular formula is C9H9BrF6N2O. The summed E-state index contributed by atoms with van der Waals surface area (Å²) in [6, 6.07) is 0. The van der Waals surface area contributed by atoms with Crippen LogP contribution in [0, 0.1) is 5.92 Å². The Morgan fingerprint density at radius 1 is 1.26 bits per heavy atom. The third-order valence-electron chi connectivity index (χ3n) is 2.43. The van der Waals surface area contributed by atoms with E-state index in [2.05, 4.69) is 21.0 Å². The van der Waals surface area contributed by atoms with Gasteiger partial charge < -0.3 is 5.11 Å². The van der Waals surface area contributed by atoms with Crippen LogP contribution in [-0.4, -0.2) is 27.2 Å². The van der Waals surface area contributed by atoms with Crippen LogP contribution in [0.5, 0.6) is 0 Å². The second-order valence-electron chi connectivity index (χ2n) is 3.70. The Morgan fingerprint density at radius 3 is 2.11 bits per heavy atom. The predicted molar refractivity (Wildman–Crippen MR) is 56.2 cm³/mol. The highest BCUT2D eigenvalue weighted by Gasteiger charge is 2.61. The maximum absolute atomic E-state index is 12.5. The summed E-state index contributed by atoms with van der Waals surface area (Å²) in [5.74, 6) is -3.86. The first-order chi connectivity index (χ1) is 8.50. The normalized spacial score (nSPS) is 15.1. The molecular weight excluding hydrogens is 346 g/mol. The molecule has 1 aromatic heterocycles. The molecule has 0 aliphatic heterocycles. The molecule has 19 heavy (non-hydrogen) atoms. The molecule has 1 atom stereocenters. The fourth-order valence-corrected chi connectivity index (χ4v) is 2.15. The highest BCUT2D eigenvalue weighted by molar-refractivity contribution is 9.10. The van der Waals surface area contributed by atoms with Crippen molar-refractivity contribution in [2.45, 2.75) is 31.9 Å². The molecule has 0 fully saturated rings. The van der Waals surface area contributed by atoms with Crippen LogP contribution in [0.25, 0.3) is 0 Å². The summed E-state index contributed by atoms with van der Waals surface area (Å²) in [4.78, 5) is 0. The van der Waals surface area contributed by atoms with Gasteiger partial charge in [-0.25, -0.2) is 0 Å². The Kier molecular flexibility index (Phi) is 4.55. The van der Waals surface area contributed by atoms with E-state index in [-0.39, 0.29) is 11.0 Å². The summed E-state index contributed by atoms with van der Waals surface area (Å²) >= 11 is 2.78. The molecule has 1 unspecified atom stereocenters. The van der Waals surface area contributed by atoms with Gasteiger partial charge in [0.25, 0.3) is 0 Å². The minimum absolute atomic E-state index is 0.0282. The molecule has 1 N–H and O–H groups in total. The third-order valence-corrected chi connectivity index (χ3v) is 3.04. The fraction of sp³-hybridized carbons (Fsp3) is 0.667. The second-order valence-corrected chi connectivity index (χ2v) is 4.55. The first-order valence-corrected chi connectivity index (χ1v) is 5.82. The number of alkyl halides is 6. The van der Waals surface area contributed by atoms with Crippen LogP contribution in [0.3, 0.4) is 0 Å². The zero-order valence-electron chi connectivity index (χ0n) is 9.43. The van der Waals surface area contributed by atoms with Crippen LogP contribution in [-0.2, 0) is 6.54 Å². The van der Waals surface area contributed by atoms with E-state index in [0.29, 0.717) is 0 Å². The third kappa shape index (κ3) is 3.41. The van der Waals surface area contributed by atoms with Crippen molar-refractivity contribution in [2.75, 3.05) is 0 Å². The molecule has 0 bridgehead atoms. The zero-order chi connectivity index (χ0) is 15.0. The van der Waals surface area contributed by atoms with E-state index in [0.717, 1.165) is 10.9 Å². The summed E-state index contributed by atoms with van der Waals surface area (Å²) < 4.78 is 75.8. The lowest BCUT2D eigenvalue weighted by atomic mass is 9.98. The molecule has 3 nitrogen and oxygen atoms in total. The zero-order valence-corrected chi connectivity index (χ0v) is 11.0. The molecule has 0 aromatic carbocycles. The summed E-state index contributed by atoms with van der Waals surface area (Å²) in [6.45, 7) is 1.51. The van der Waals surface area contributed by atoms with Crippen molar-refractivity contribution in [3.63, 3.8) is 0 Å². The van der Waals surface area contributed by atoms with Gasteiger partial charge in [-0.3, -0.25) is 4.68 Å². The van der Waals surface area contributed by atoms with Gasteiger partial charge in [0.05, 0.1) is 16.4 Å². The van der Waals surface area contributed by atoms with Gasteiger partial charge in [-0.15, -0.1) is 0 Å². The molecule has 10 heteroatoms. The van der Waals surface area contributed by atoms with E-state index in [1.807, 2.05) is 0 Å². The van der Waals surface area contributed by atoms with Crippen LogP contribution in [0.2, 0.25) is 0 Å². The van der Waals surface area contributed by atoms with Crippen molar-refractivity contribution in [1.29, 1.82) is 0 Å². The Labute approximate surface area is 112 Å². The maximum atomic E-state index is 12.5. The Bertz CT molecular complexity index is 427. The van der Waals surface area contributed by atoms with E-state index in [9.17, 15) is 31.4 Å². The number of hydrogen-bond donors (Lipinski definition) is 1. The topological polar surface area (TPSA) is 38.0 Å². The number of aliphatic hydroxyl groups excluding tert-OH is 1. The lowest BCUT2D eigenvalue weighted by molar-refractivity contribution is -0.308. The molecule has 0 amide bonds. The monoisotopic (exact) mass is 354 g/mol. The first kappa shape index (κ1) is 16.3. The predicted octanol–water partition coefficient (Wildman–Crippen LogP) is 3.44. The van der Waals surface area contributed by atoms with Crippen molar-refractivity contribution in [3.8, 4) is 0 Å². The smallest absolute Gasteiger partial charge is 0.386 e. The van der Waals surface area contributed by atoms with E-state index in [1.165, 1.54) is 6.92 Å². The molecule has 1 rings (SSSR count). The van der Waals surface area contributed by atoms with Gasteiger partial charge in [-0.2, -0.15) is 31.4 Å². The molecule has 0 saturated carbocycles. The number of aliphatic hydroxyl groups is 1. The number of aryl methyl sites for hydroxylation is 1. The average molecular weight is 355 g/mol. The fourth-order valence-electron chi connectivity index (χ4n) is 1.62. The van der Waals surface area contributed by atoms with Crippen LogP contribution < -0.4 is 0 Å². The van der Waals surface area contributed by atoms with Gasteiger partial charge >= 0.3 is 12.4 Å². The SMILES string of the molecule is CCn1ncc(Br)c1C(O)C(C(F)(F)F)C(F)(F)F. The van der Waals surface area contributed by atoms with Gasteiger partial charge in [0.15, 0.2) is 5.92 Å². The summed E-state index contributed by atoms with van der Waals surface area (Å²) in [6.07, 6.45) is -13.0. The van der Waals surface area contributed by atoms with Gasteiger partial charge in [0.2, 0.25) is 0 Å². The minimum atomic E-state index is -5.61. The number of rotatable bonds is 3. The van der Waals surface area contributed by atoms with Crippen molar-refractivity contribution >= 4 is 15.9 Å². The quantitative estimate of drug-likeness (QED) is 0.844. The van der Waals surface area contributed by atoms with Gasteiger partial charge in [0.1, 0.15) is 6.10 Å². The largest absolute Gasteiger partial charge is 0.403 e. The number of halogens is 7.